The van der Waals surface area contributed by atoms with Gasteiger partial charge in [-0.3, -0.25) is 9.78 Å². The third-order valence-electron chi connectivity index (χ3n) is 6.05. The first kappa shape index (κ1) is 18.9. The van der Waals surface area contributed by atoms with E-state index in [0.717, 1.165) is 48.3 Å². The highest BCUT2D eigenvalue weighted by molar-refractivity contribution is 5.95. The van der Waals surface area contributed by atoms with Crippen molar-refractivity contribution in [2.45, 2.75) is 25.8 Å². The van der Waals surface area contributed by atoms with Crippen molar-refractivity contribution in [3.05, 3.63) is 42.1 Å². The van der Waals surface area contributed by atoms with Crippen LogP contribution in [0.25, 0.3) is 11.0 Å². The quantitative estimate of drug-likeness (QED) is 0.654. The molecule has 0 N–H and O–H groups in total. The van der Waals surface area contributed by atoms with Gasteiger partial charge >= 0.3 is 0 Å². The fourth-order valence-electron chi connectivity index (χ4n) is 4.32. The summed E-state index contributed by atoms with van der Waals surface area (Å²) in [5.41, 5.74) is 2.50. The van der Waals surface area contributed by atoms with Gasteiger partial charge in [0.2, 0.25) is 0 Å². The minimum absolute atomic E-state index is 0.0568. The molecular formula is C21H25N7O2. The lowest BCUT2D eigenvalue weighted by Gasteiger charge is -2.32. The van der Waals surface area contributed by atoms with Crippen molar-refractivity contribution >= 4 is 22.8 Å². The molecule has 0 radical (unpaired) electrons. The second-order valence-electron chi connectivity index (χ2n) is 7.84. The van der Waals surface area contributed by atoms with Gasteiger partial charge in [-0.15, -0.1) is 0 Å². The van der Waals surface area contributed by atoms with E-state index in [0.29, 0.717) is 31.9 Å². The molecular weight excluding hydrogens is 382 g/mol. The molecule has 9 nitrogen and oxygen atoms in total. The largest absolute Gasteiger partial charge is 0.378 e. The Labute approximate surface area is 174 Å². The van der Waals surface area contributed by atoms with Crippen LogP contribution in [0.1, 0.15) is 34.8 Å². The number of ether oxygens (including phenoxy) is 1. The number of carbonyl (C=O) groups is 1. The van der Waals surface area contributed by atoms with Gasteiger partial charge in [-0.2, -0.15) is 5.10 Å². The smallest absolute Gasteiger partial charge is 0.255 e. The molecule has 3 aromatic rings. The highest BCUT2D eigenvalue weighted by Crippen LogP contribution is 2.29. The number of hydrogen-bond acceptors (Lipinski definition) is 7. The Morgan fingerprint density at radius 1 is 1.10 bits per heavy atom. The summed E-state index contributed by atoms with van der Waals surface area (Å²) in [6, 6.07) is 2.09. The summed E-state index contributed by atoms with van der Waals surface area (Å²) in [7, 11) is 0. The zero-order chi connectivity index (χ0) is 20.5. The van der Waals surface area contributed by atoms with Gasteiger partial charge in [-0.1, -0.05) is 0 Å². The van der Waals surface area contributed by atoms with Crippen LogP contribution in [0.4, 0.5) is 5.82 Å². The summed E-state index contributed by atoms with van der Waals surface area (Å²) in [6.45, 7) is 6.41. The normalized spacial score (nSPS) is 18.2. The van der Waals surface area contributed by atoms with Gasteiger partial charge in [0.15, 0.2) is 5.65 Å². The molecule has 0 unspecified atom stereocenters. The highest BCUT2D eigenvalue weighted by Gasteiger charge is 2.28. The van der Waals surface area contributed by atoms with E-state index in [1.165, 1.54) is 0 Å². The van der Waals surface area contributed by atoms with E-state index in [4.69, 9.17) is 4.74 Å². The van der Waals surface area contributed by atoms with Crippen LogP contribution in [0.15, 0.2) is 31.0 Å². The molecule has 2 aliphatic rings. The first-order valence-corrected chi connectivity index (χ1v) is 10.4. The molecule has 156 valence electrons. The van der Waals surface area contributed by atoms with Crippen molar-refractivity contribution in [3.63, 3.8) is 0 Å². The maximum atomic E-state index is 12.9. The third kappa shape index (κ3) is 3.39. The zero-order valence-electron chi connectivity index (χ0n) is 17.1. The monoisotopic (exact) mass is 407 g/mol. The van der Waals surface area contributed by atoms with Crippen molar-refractivity contribution in [2.75, 3.05) is 44.3 Å². The second-order valence-corrected chi connectivity index (χ2v) is 7.84. The molecule has 3 aromatic heterocycles. The lowest BCUT2D eigenvalue weighted by molar-refractivity contribution is 0.0690. The predicted molar refractivity (Wildman–Crippen MR) is 112 cm³/mol. The van der Waals surface area contributed by atoms with Crippen LogP contribution in [-0.4, -0.2) is 74.9 Å². The van der Waals surface area contributed by atoms with E-state index in [-0.39, 0.29) is 11.9 Å². The Balaban J connectivity index is 1.33. The van der Waals surface area contributed by atoms with Crippen LogP contribution in [0.3, 0.4) is 0 Å². The molecule has 0 atom stereocenters. The number of likely N-dealkylation sites (tertiary alicyclic amines) is 1. The lowest BCUT2D eigenvalue weighted by atomic mass is 10.0. The van der Waals surface area contributed by atoms with Crippen molar-refractivity contribution < 1.29 is 9.53 Å². The van der Waals surface area contributed by atoms with E-state index in [9.17, 15) is 4.79 Å². The van der Waals surface area contributed by atoms with Crippen LogP contribution in [0, 0.1) is 6.92 Å². The molecule has 2 aliphatic heterocycles. The maximum absolute atomic E-state index is 12.9. The minimum Gasteiger partial charge on any atom is -0.378 e. The summed E-state index contributed by atoms with van der Waals surface area (Å²) in [5.74, 6) is 0.982. The topological polar surface area (TPSA) is 89.3 Å². The highest BCUT2D eigenvalue weighted by atomic mass is 16.5. The molecule has 5 rings (SSSR count). The third-order valence-corrected chi connectivity index (χ3v) is 6.05. The summed E-state index contributed by atoms with van der Waals surface area (Å²) < 4.78 is 7.47. The molecule has 0 aromatic carbocycles. The number of hydrogen-bond donors (Lipinski definition) is 0. The lowest BCUT2D eigenvalue weighted by Crippen LogP contribution is -2.39. The number of anilines is 1. The van der Waals surface area contributed by atoms with Gasteiger partial charge in [0.25, 0.3) is 5.91 Å². The molecule has 2 saturated heterocycles. The molecule has 2 fully saturated rings. The van der Waals surface area contributed by atoms with Gasteiger partial charge in [0, 0.05) is 38.6 Å². The number of morpholine rings is 1. The molecule has 1 amide bonds. The van der Waals surface area contributed by atoms with E-state index >= 15 is 0 Å². The first-order chi connectivity index (χ1) is 14.7. The summed E-state index contributed by atoms with van der Waals surface area (Å²) in [5, 5.41) is 5.64. The van der Waals surface area contributed by atoms with Crippen molar-refractivity contribution in [1.29, 1.82) is 0 Å². The number of nitrogens with zero attached hydrogens (tertiary/aromatic N) is 7. The molecule has 0 bridgehead atoms. The summed E-state index contributed by atoms with van der Waals surface area (Å²) >= 11 is 0. The van der Waals surface area contributed by atoms with Crippen molar-refractivity contribution in [3.8, 4) is 0 Å². The maximum Gasteiger partial charge on any atom is 0.255 e. The Kier molecular flexibility index (Phi) is 5.04. The van der Waals surface area contributed by atoms with Crippen molar-refractivity contribution in [2.24, 2.45) is 0 Å². The SMILES string of the molecule is Cc1ccncc1C(=O)N1CCC(n2ncc3c(N4CCOCC4)ncnc32)CC1. The molecule has 5 heterocycles. The van der Waals surface area contributed by atoms with E-state index in [1.54, 1.807) is 18.7 Å². The number of aromatic nitrogens is 5. The molecule has 0 aliphatic carbocycles. The van der Waals surface area contributed by atoms with Crippen molar-refractivity contribution in [1.82, 2.24) is 29.6 Å². The Morgan fingerprint density at radius 2 is 1.90 bits per heavy atom. The number of piperidine rings is 1. The second kappa shape index (κ2) is 7.98. The Bertz CT molecular complexity index is 1050. The zero-order valence-corrected chi connectivity index (χ0v) is 17.1. The number of aryl methyl sites for hydroxylation is 1. The summed E-state index contributed by atoms with van der Waals surface area (Å²) in [6.07, 6.45) is 8.56. The van der Waals surface area contributed by atoms with E-state index in [2.05, 4.69) is 25.0 Å². The predicted octanol–water partition coefficient (Wildman–Crippen LogP) is 1.84. The van der Waals surface area contributed by atoms with Crippen LogP contribution in [0.2, 0.25) is 0 Å². The molecule has 9 heteroatoms. The number of pyridine rings is 1. The standard InChI is InChI=1S/C21H25N7O2/c1-15-2-5-22-12-17(15)21(29)27-6-3-16(4-7-27)28-20-18(13-25-28)19(23-14-24-20)26-8-10-30-11-9-26/h2,5,12-14,16H,3-4,6-11H2,1H3. The average molecular weight is 407 g/mol. The number of carbonyl (C=O) groups excluding carboxylic acids is 1. The van der Waals surface area contributed by atoms with E-state index in [1.807, 2.05) is 28.8 Å². The van der Waals surface area contributed by atoms with Gasteiger partial charge in [0.05, 0.1) is 36.4 Å². The van der Waals surface area contributed by atoms with Gasteiger partial charge < -0.3 is 14.5 Å². The van der Waals surface area contributed by atoms with Crippen LogP contribution in [-0.2, 0) is 4.74 Å². The fraction of sp³-hybridized carbons (Fsp3) is 0.476. The number of amides is 1. The molecule has 30 heavy (non-hydrogen) atoms. The molecule has 0 saturated carbocycles. The van der Waals surface area contributed by atoms with Gasteiger partial charge in [-0.25, -0.2) is 14.6 Å². The average Bonchev–Trinajstić information content (AvgIpc) is 3.24. The number of fused-ring (bicyclic) bond motifs is 1. The van der Waals surface area contributed by atoms with Crippen LogP contribution < -0.4 is 4.90 Å². The Morgan fingerprint density at radius 3 is 2.67 bits per heavy atom. The fourth-order valence-corrected chi connectivity index (χ4v) is 4.32. The van der Waals surface area contributed by atoms with Gasteiger partial charge in [-0.05, 0) is 31.4 Å². The number of rotatable bonds is 3. The summed E-state index contributed by atoms with van der Waals surface area (Å²) in [4.78, 5) is 30.2. The van der Waals surface area contributed by atoms with Gasteiger partial charge in [0.1, 0.15) is 12.1 Å². The van der Waals surface area contributed by atoms with E-state index < -0.39 is 0 Å². The molecule has 0 spiro atoms. The van der Waals surface area contributed by atoms with Crippen LogP contribution in [0.5, 0.6) is 0 Å². The first-order valence-electron chi connectivity index (χ1n) is 10.4. The minimum atomic E-state index is 0.0568. The Hall–Kier alpha value is -3.07. The van der Waals surface area contributed by atoms with Crippen LogP contribution >= 0.6 is 0 Å².